The number of aromatic carboxylic acids is 1. The lowest BCUT2D eigenvalue weighted by molar-refractivity contribution is -0.111. The molecule has 24 heavy (non-hydrogen) atoms. The zero-order chi connectivity index (χ0) is 17.7. The van der Waals surface area contributed by atoms with E-state index in [-0.39, 0.29) is 28.5 Å². The molecule has 0 spiro atoms. The second-order valence-electron chi connectivity index (χ2n) is 4.79. The molecule has 0 aromatic heterocycles. The lowest BCUT2D eigenvalue weighted by atomic mass is 10.1. The molecule has 2 aromatic rings. The molecule has 0 radical (unpaired) electrons. The fourth-order valence-corrected chi connectivity index (χ4v) is 1.96. The number of carbonyl (C=O) groups excluding carboxylic acids is 1. The number of carboxylic acid groups (broad SMARTS) is 1. The van der Waals surface area contributed by atoms with Gasteiger partial charge in [0.25, 0.3) is 0 Å². The van der Waals surface area contributed by atoms with E-state index in [1.54, 1.807) is 12.1 Å². The third-order valence-electron chi connectivity index (χ3n) is 3.12. The number of carbonyl (C=O) groups is 2. The van der Waals surface area contributed by atoms with Crippen molar-refractivity contribution in [3.63, 3.8) is 0 Å². The lowest BCUT2D eigenvalue weighted by Crippen LogP contribution is -2.11. The third kappa shape index (κ3) is 4.04. The smallest absolute Gasteiger partial charge is 0.337 e. The summed E-state index contributed by atoms with van der Waals surface area (Å²) in [5.74, 6) is -1.78. The van der Waals surface area contributed by atoms with Gasteiger partial charge in [-0.15, -0.1) is 0 Å². The van der Waals surface area contributed by atoms with Crippen LogP contribution in [0.3, 0.4) is 0 Å². The predicted octanol–water partition coefficient (Wildman–Crippen LogP) is 2.46. The Morgan fingerprint density at radius 1 is 1.12 bits per heavy atom. The zero-order valence-corrected chi connectivity index (χ0v) is 12.7. The van der Waals surface area contributed by atoms with Crippen molar-refractivity contribution in [2.45, 2.75) is 0 Å². The first-order valence-electron chi connectivity index (χ1n) is 6.83. The van der Waals surface area contributed by atoms with E-state index >= 15 is 0 Å². The first kappa shape index (κ1) is 16.9. The molecule has 0 bridgehead atoms. The average molecular weight is 329 g/mol. The minimum absolute atomic E-state index is 0.0192. The van der Waals surface area contributed by atoms with Crippen LogP contribution in [0.1, 0.15) is 15.9 Å². The number of carboxylic acids is 1. The van der Waals surface area contributed by atoms with Crippen LogP contribution in [0.4, 0.5) is 5.69 Å². The maximum absolute atomic E-state index is 11.9. The van der Waals surface area contributed by atoms with Crippen LogP contribution < -0.4 is 10.1 Å². The first-order chi connectivity index (χ1) is 11.4. The van der Waals surface area contributed by atoms with Crippen molar-refractivity contribution in [3.8, 4) is 17.2 Å². The largest absolute Gasteiger partial charge is 0.508 e. The van der Waals surface area contributed by atoms with E-state index in [9.17, 15) is 19.8 Å². The Balaban J connectivity index is 2.15. The molecule has 1 amide bonds. The van der Waals surface area contributed by atoms with Gasteiger partial charge in [0, 0.05) is 6.08 Å². The molecule has 0 unspecified atom stereocenters. The topological polar surface area (TPSA) is 116 Å². The van der Waals surface area contributed by atoms with Gasteiger partial charge in [-0.3, -0.25) is 4.79 Å². The van der Waals surface area contributed by atoms with Crippen LogP contribution in [0.5, 0.6) is 17.2 Å². The molecule has 2 rings (SSSR count). The van der Waals surface area contributed by atoms with Crippen molar-refractivity contribution in [2.24, 2.45) is 0 Å². The fourth-order valence-electron chi connectivity index (χ4n) is 1.96. The fraction of sp³-hybridized carbons (Fsp3) is 0.0588. The predicted molar refractivity (Wildman–Crippen MR) is 87.4 cm³/mol. The number of methoxy groups -OCH3 is 1. The molecule has 0 atom stereocenters. The lowest BCUT2D eigenvalue weighted by Gasteiger charge is -2.07. The molecule has 2 aromatic carbocycles. The minimum Gasteiger partial charge on any atom is -0.508 e. The van der Waals surface area contributed by atoms with Gasteiger partial charge in [0.1, 0.15) is 5.75 Å². The molecule has 7 nitrogen and oxygen atoms in total. The van der Waals surface area contributed by atoms with E-state index in [4.69, 9.17) is 9.84 Å². The van der Waals surface area contributed by atoms with Crippen LogP contribution >= 0.6 is 0 Å². The molecule has 124 valence electrons. The molecule has 4 N–H and O–H groups in total. The number of anilines is 1. The summed E-state index contributed by atoms with van der Waals surface area (Å²) in [6.45, 7) is 0. The van der Waals surface area contributed by atoms with Gasteiger partial charge in [-0.1, -0.05) is 6.07 Å². The third-order valence-corrected chi connectivity index (χ3v) is 3.12. The van der Waals surface area contributed by atoms with Gasteiger partial charge >= 0.3 is 5.97 Å². The van der Waals surface area contributed by atoms with E-state index in [1.165, 1.54) is 37.5 Å². The Kier molecular flexibility index (Phi) is 5.06. The molecular weight excluding hydrogens is 314 g/mol. The Morgan fingerprint density at radius 2 is 1.88 bits per heavy atom. The Bertz CT molecular complexity index is 813. The van der Waals surface area contributed by atoms with Gasteiger partial charge in [0.15, 0.2) is 11.5 Å². The van der Waals surface area contributed by atoms with Crippen LogP contribution in [0.15, 0.2) is 42.5 Å². The summed E-state index contributed by atoms with van der Waals surface area (Å²) in [7, 11) is 1.41. The second-order valence-corrected chi connectivity index (χ2v) is 4.79. The van der Waals surface area contributed by atoms with E-state index in [0.29, 0.717) is 5.56 Å². The summed E-state index contributed by atoms with van der Waals surface area (Å²) in [4.78, 5) is 23.1. The number of amides is 1. The van der Waals surface area contributed by atoms with Crippen molar-refractivity contribution in [3.05, 3.63) is 53.6 Å². The van der Waals surface area contributed by atoms with Gasteiger partial charge in [-0.25, -0.2) is 4.79 Å². The number of nitrogens with one attached hydrogen (secondary N) is 1. The van der Waals surface area contributed by atoms with Gasteiger partial charge in [-0.05, 0) is 42.0 Å². The minimum atomic E-state index is -1.27. The van der Waals surface area contributed by atoms with Crippen LogP contribution in [-0.4, -0.2) is 34.3 Å². The van der Waals surface area contributed by atoms with E-state index < -0.39 is 11.9 Å². The first-order valence-corrected chi connectivity index (χ1v) is 6.83. The van der Waals surface area contributed by atoms with Gasteiger partial charge in [-0.2, -0.15) is 0 Å². The monoisotopic (exact) mass is 329 g/mol. The van der Waals surface area contributed by atoms with E-state index in [2.05, 4.69) is 5.32 Å². The summed E-state index contributed by atoms with van der Waals surface area (Å²) in [5.41, 5.74) is 0.463. The van der Waals surface area contributed by atoms with Gasteiger partial charge in [0.05, 0.1) is 18.4 Å². The van der Waals surface area contributed by atoms with Gasteiger partial charge < -0.3 is 25.4 Å². The van der Waals surface area contributed by atoms with Crippen molar-refractivity contribution < 1.29 is 29.6 Å². The van der Waals surface area contributed by atoms with Crippen LogP contribution in [0.2, 0.25) is 0 Å². The Hall–Kier alpha value is -3.48. The van der Waals surface area contributed by atoms with Crippen molar-refractivity contribution in [1.82, 2.24) is 0 Å². The quantitative estimate of drug-likeness (QED) is 0.494. The molecule has 0 saturated carbocycles. The van der Waals surface area contributed by atoms with E-state index in [0.717, 1.165) is 6.07 Å². The highest BCUT2D eigenvalue weighted by atomic mass is 16.5. The summed E-state index contributed by atoms with van der Waals surface area (Å²) in [6.07, 6.45) is 2.70. The number of hydrogen-bond acceptors (Lipinski definition) is 5. The van der Waals surface area contributed by atoms with Crippen molar-refractivity contribution in [1.29, 1.82) is 0 Å². The van der Waals surface area contributed by atoms with Crippen LogP contribution in [0, 0.1) is 0 Å². The van der Waals surface area contributed by atoms with Crippen LogP contribution in [0.25, 0.3) is 6.08 Å². The molecule has 0 heterocycles. The molecule has 7 heteroatoms. The van der Waals surface area contributed by atoms with Crippen molar-refractivity contribution in [2.75, 3.05) is 12.4 Å². The van der Waals surface area contributed by atoms with Gasteiger partial charge in [0.2, 0.25) is 5.91 Å². The number of benzene rings is 2. The molecule has 0 aliphatic heterocycles. The number of hydrogen-bond donors (Lipinski definition) is 4. The number of rotatable bonds is 5. The molecule has 0 aliphatic carbocycles. The number of phenols is 2. The average Bonchev–Trinajstić information content (AvgIpc) is 2.55. The summed E-state index contributed by atoms with van der Waals surface area (Å²) < 4.78 is 4.97. The Labute approximate surface area is 137 Å². The normalized spacial score (nSPS) is 10.5. The second kappa shape index (κ2) is 7.19. The summed E-state index contributed by atoms with van der Waals surface area (Å²) >= 11 is 0. The molecular formula is C17H15NO6. The van der Waals surface area contributed by atoms with E-state index in [1.807, 2.05) is 0 Å². The molecule has 0 fully saturated rings. The molecule has 0 aliphatic rings. The SMILES string of the molecule is COc1cc(/C=C\C(=O)Nc2ccc(O)cc2C(=O)O)ccc1O. The number of ether oxygens (including phenoxy) is 1. The highest BCUT2D eigenvalue weighted by molar-refractivity contribution is 6.06. The Morgan fingerprint density at radius 3 is 2.54 bits per heavy atom. The molecule has 0 saturated heterocycles. The highest BCUT2D eigenvalue weighted by Gasteiger charge is 2.12. The maximum atomic E-state index is 11.9. The van der Waals surface area contributed by atoms with Crippen LogP contribution in [-0.2, 0) is 4.79 Å². The summed E-state index contributed by atoms with van der Waals surface area (Å²) in [5, 5.41) is 30.3. The number of phenolic OH excluding ortho intramolecular Hbond substituents is 2. The van der Waals surface area contributed by atoms with Crippen molar-refractivity contribution >= 4 is 23.6 Å². The standard InChI is InChI=1S/C17H15NO6/c1-24-15-8-10(2-6-14(15)20)3-7-16(21)18-13-5-4-11(19)9-12(13)17(22)23/h2-9,19-20H,1H3,(H,18,21)(H,22,23)/b7-3-. The zero-order valence-electron chi connectivity index (χ0n) is 12.7. The summed E-state index contributed by atoms with van der Waals surface area (Å²) in [6, 6.07) is 8.18. The maximum Gasteiger partial charge on any atom is 0.337 e. The number of aromatic hydroxyl groups is 2. The highest BCUT2D eigenvalue weighted by Crippen LogP contribution is 2.27.